The summed E-state index contributed by atoms with van der Waals surface area (Å²) >= 11 is 0. The number of amides is 1. The molecular formula is C15H21F3N2O. The topological polar surface area (TPSA) is 55.1 Å². The molecule has 1 unspecified atom stereocenters. The molecule has 3 N–H and O–H groups in total. The van der Waals surface area contributed by atoms with E-state index in [2.05, 4.69) is 12.2 Å². The van der Waals surface area contributed by atoms with E-state index in [1.165, 1.54) is 0 Å². The number of halogens is 3. The lowest BCUT2D eigenvalue weighted by atomic mass is 9.94. The molecule has 0 aromatic heterocycles. The lowest BCUT2D eigenvalue weighted by Gasteiger charge is -2.14. The highest BCUT2D eigenvalue weighted by molar-refractivity contribution is 5.90. The quantitative estimate of drug-likeness (QED) is 0.721. The molecule has 21 heavy (non-hydrogen) atoms. The molecular weight excluding hydrogens is 281 g/mol. The maximum absolute atomic E-state index is 13.0. The van der Waals surface area contributed by atoms with Gasteiger partial charge in [-0.3, -0.25) is 4.79 Å². The Labute approximate surface area is 122 Å². The third-order valence-corrected chi connectivity index (χ3v) is 3.32. The maximum Gasteiger partial charge on any atom is 0.224 e. The fourth-order valence-electron chi connectivity index (χ4n) is 2.26. The van der Waals surface area contributed by atoms with Crippen LogP contribution in [-0.4, -0.2) is 12.5 Å². The summed E-state index contributed by atoms with van der Waals surface area (Å²) in [6, 6.07) is 1.53. The zero-order valence-corrected chi connectivity index (χ0v) is 12.1. The van der Waals surface area contributed by atoms with Crippen LogP contribution in [0.2, 0.25) is 0 Å². The second-order valence-electron chi connectivity index (χ2n) is 5.07. The molecule has 118 valence electrons. The van der Waals surface area contributed by atoms with E-state index >= 15 is 0 Å². The molecule has 0 aliphatic heterocycles. The average molecular weight is 302 g/mol. The third-order valence-electron chi connectivity index (χ3n) is 3.32. The van der Waals surface area contributed by atoms with Gasteiger partial charge >= 0.3 is 0 Å². The molecule has 0 aliphatic rings. The number of benzene rings is 1. The van der Waals surface area contributed by atoms with Crippen molar-refractivity contribution in [2.75, 3.05) is 11.9 Å². The smallest absolute Gasteiger partial charge is 0.224 e. The first kappa shape index (κ1) is 17.5. The van der Waals surface area contributed by atoms with Crippen LogP contribution in [-0.2, 0) is 4.79 Å². The lowest BCUT2D eigenvalue weighted by Crippen LogP contribution is -2.15. The molecule has 3 nitrogen and oxygen atoms in total. The molecule has 1 amide bonds. The number of carbonyl (C=O) groups is 1. The van der Waals surface area contributed by atoms with Crippen molar-refractivity contribution in [3.05, 3.63) is 29.6 Å². The summed E-state index contributed by atoms with van der Waals surface area (Å²) in [7, 11) is 0. The Kier molecular flexibility index (Phi) is 7.22. The normalized spacial score (nSPS) is 12.2. The van der Waals surface area contributed by atoms with Gasteiger partial charge in [0.1, 0.15) is 0 Å². The van der Waals surface area contributed by atoms with E-state index in [4.69, 9.17) is 5.73 Å². The predicted molar refractivity (Wildman–Crippen MR) is 76.2 cm³/mol. The molecule has 1 aromatic carbocycles. The molecule has 0 radical (unpaired) electrons. The molecule has 0 saturated heterocycles. The van der Waals surface area contributed by atoms with Crippen molar-refractivity contribution in [2.45, 2.75) is 39.0 Å². The van der Waals surface area contributed by atoms with Crippen LogP contribution in [0.15, 0.2) is 12.1 Å². The molecule has 0 saturated carbocycles. The zero-order valence-electron chi connectivity index (χ0n) is 12.1. The number of nitrogens with one attached hydrogen (secondary N) is 1. The van der Waals surface area contributed by atoms with E-state index in [1.807, 2.05) is 0 Å². The molecule has 0 aliphatic carbocycles. The van der Waals surface area contributed by atoms with Gasteiger partial charge in [-0.15, -0.1) is 0 Å². The molecule has 1 rings (SSSR count). The van der Waals surface area contributed by atoms with Crippen molar-refractivity contribution in [1.82, 2.24) is 0 Å². The van der Waals surface area contributed by atoms with Crippen LogP contribution >= 0.6 is 0 Å². The number of hydrogen-bond donors (Lipinski definition) is 2. The van der Waals surface area contributed by atoms with Gasteiger partial charge in [0.05, 0.1) is 0 Å². The number of carbonyl (C=O) groups excluding carboxylic acids is 1. The summed E-state index contributed by atoms with van der Waals surface area (Å²) in [5.41, 5.74) is 5.44. The van der Waals surface area contributed by atoms with Crippen molar-refractivity contribution in [3.63, 3.8) is 0 Å². The molecule has 0 spiro atoms. The largest absolute Gasteiger partial charge is 0.330 e. The summed E-state index contributed by atoms with van der Waals surface area (Å²) in [6.07, 6.45) is 3.76. The minimum atomic E-state index is -1.54. The Morgan fingerprint density at radius 1 is 1.19 bits per heavy atom. The minimum absolute atomic E-state index is 0.0812. The first-order valence-electron chi connectivity index (χ1n) is 7.12. The molecule has 0 heterocycles. The van der Waals surface area contributed by atoms with Gasteiger partial charge < -0.3 is 11.1 Å². The summed E-state index contributed by atoms with van der Waals surface area (Å²) < 4.78 is 38.8. The Morgan fingerprint density at radius 2 is 1.81 bits per heavy atom. The van der Waals surface area contributed by atoms with Crippen molar-refractivity contribution in [1.29, 1.82) is 0 Å². The van der Waals surface area contributed by atoms with Crippen molar-refractivity contribution >= 4 is 11.6 Å². The van der Waals surface area contributed by atoms with Crippen LogP contribution in [0.25, 0.3) is 0 Å². The SMILES string of the molecule is CCCC(CCN)CCC(=O)Nc1cc(F)c(F)c(F)c1. The van der Waals surface area contributed by atoms with Crippen molar-refractivity contribution < 1.29 is 18.0 Å². The first-order valence-corrected chi connectivity index (χ1v) is 7.12. The third kappa shape index (κ3) is 5.75. The van der Waals surface area contributed by atoms with Crippen LogP contribution in [0, 0.1) is 23.4 Å². The lowest BCUT2D eigenvalue weighted by molar-refractivity contribution is -0.116. The number of rotatable bonds is 8. The Balaban J connectivity index is 2.53. The minimum Gasteiger partial charge on any atom is -0.330 e. The van der Waals surface area contributed by atoms with E-state index in [0.717, 1.165) is 31.4 Å². The zero-order chi connectivity index (χ0) is 15.8. The van der Waals surface area contributed by atoms with E-state index in [0.29, 0.717) is 18.9 Å². The van der Waals surface area contributed by atoms with Crippen LogP contribution in [0.5, 0.6) is 0 Å². The van der Waals surface area contributed by atoms with E-state index in [9.17, 15) is 18.0 Å². The van der Waals surface area contributed by atoms with E-state index in [-0.39, 0.29) is 18.0 Å². The summed E-state index contributed by atoms with van der Waals surface area (Å²) in [5, 5.41) is 2.37. The highest BCUT2D eigenvalue weighted by Gasteiger charge is 2.13. The molecule has 0 bridgehead atoms. The van der Waals surface area contributed by atoms with Gasteiger partial charge in [0.2, 0.25) is 5.91 Å². The summed E-state index contributed by atoms with van der Waals surface area (Å²) in [6.45, 7) is 2.63. The monoisotopic (exact) mass is 302 g/mol. The van der Waals surface area contributed by atoms with Gasteiger partial charge in [0.25, 0.3) is 0 Å². The van der Waals surface area contributed by atoms with E-state index in [1.54, 1.807) is 0 Å². The van der Waals surface area contributed by atoms with Crippen molar-refractivity contribution in [2.24, 2.45) is 11.7 Å². The maximum atomic E-state index is 13.0. The van der Waals surface area contributed by atoms with Crippen LogP contribution in [0.4, 0.5) is 18.9 Å². The Hall–Kier alpha value is -1.56. The van der Waals surface area contributed by atoms with Gasteiger partial charge in [-0.1, -0.05) is 19.8 Å². The van der Waals surface area contributed by atoms with Gasteiger partial charge in [0, 0.05) is 24.2 Å². The second-order valence-corrected chi connectivity index (χ2v) is 5.07. The number of anilines is 1. The molecule has 6 heteroatoms. The van der Waals surface area contributed by atoms with Gasteiger partial charge in [-0.25, -0.2) is 13.2 Å². The number of nitrogens with two attached hydrogens (primary N) is 1. The van der Waals surface area contributed by atoms with Crippen LogP contribution in [0.3, 0.4) is 0 Å². The molecule has 1 atom stereocenters. The second kappa shape index (κ2) is 8.67. The predicted octanol–water partition coefficient (Wildman–Crippen LogP) is 3.59. The summed E-state index contributed by atoms with van der Waals surface area (Å²) in [5.74, 6) is -4.17. The molecule has 1 aromatic rings. The highest BCUT2D eigenvalue weighted by Crippen LogP contribution is 2.20. The summed E-state index contributed by atoms with van der Waals surface area (Å²) in [4.78, 5) is 11.8. The standard InChI is InChI=1S/C15H21F3N2O/c1-2-3-10(6-7-19)4-5-14(21)20-11-8-12(16)15(18)13(17)9-11/h8-10H,2-7,19H2,1H3,(H,20,21). The Bertz CT molecular complexity index is 451. The fourth-order valence-corrected chi connectivity index (χ4v) is 2.26. The molecule has 0 fully saturated rings. The van der Waals surface area contributed by atoms with Gasteiger partial charge in [-0.05, 0) is 25.3 Å². The highest BCUT2D eigenvalue weighted by atomic mass is 19.2. The Morgan fingerprint density at radius 3 is 2.33 bits per heavy atom. The fraction of sp³-hybridized carbons (Fsp3) is 0.533. The average Bonchev–Trinajstić information content (AvgIpc) is 2.42. The van der Waals surface area contributed by atoms with E-state index < -0.39 is 17.5 Å². The first-order chi connectivity index (χ1) is 9.97. The number of hydrogen-bond acceptors (Lipinski definition) is 2. The van der Waals surface area contributed by atoms with Gasteiger partial charge in [-0.2, -0.15) is 0 Å². The van der Waals surface area contributed by atoms with Crippen molar-refractivity contribution in [3.8, 4) is 0 Å². The van der Waals surface area contributed by atoms with Crippen LogP contribution < -0.4 is 11.1 Å². The van der Waals surface area contributed by atoms with Gasteiger partial charge in [0.15, 0.2) is 17.5 Å². The van der Waals surface area contributed by atoms with Crippen LogP contribution in [0.1, 0.15) is 39.0 Å².